The van der Waals surface area contributed by atoms with Crippen molar-refractivity contribution in [2.75, 3.05) is 11.1 Å². The van der Waals surface area contributed by atoms with Crippen LogP contribution in [0.2, 0.25) is 0 Å². The molecule has 0 saturated carbocycles. The Labute approximate surface area is 122 Å². The van der Waals surface area contributed by atoms with Gasteiger partial charge in [-0.2, -0.15) is 13.2 Å². The molecule has 106 valence electrons. The zero-order chi connectivity index (χ0) is 14.9. The van der Waals surface area contributed by atoms with Gasteiger partial charge in [-0.05, 0) is 46.6 Å². The SMILES string of the molecule is Cc1c(N)cnc(Nc2cccc(C(F)(F)F)c2)c1Br. The number of nitrogens with zero attached hydrogens (tertiary/aromatic N) is 1. The number of hydrogen-bond acceptors (Lipinski definition) is 3. The predicted molar refractivity (Wildman–Crippen MR) is 75.8 cm³/mol. The molecule has 20 heavy (non-hydrogen) atoms. The first-order chi connectivity index (χ1) is 9.29. The van der Waals surface area contributed by atoms with E-state index in [1.54, 1.807) is 6.92 Å². The highest BCUT2D eigenvalue weighted by molar-refractivity contribution is 9.10. The van der Waals surface area contributed by atoms with Crippen LogP contribution in [0.3, 0.4) is 0 Å². The van der Waals surface area contributed by atoms with E-state index in [1.165, 1.54) is 18.3 Å². The molecule has 0 spiro atoms. The van der Waals surface area contributed by atoms with Crippen LogP contribution in [0, 0.1) is 6.92 Å². The fourth-order valence-corrected chi connectivity index (χ4v) is 2.02. The first-order valence-electron chi connectivity index (χ1n) is 5.64. The van der Waals surface area contributed by atoms with Crippen molar-refractivity contribution in [3.63, 3.8) is 0 Å². The predicted octanol–water partition coefficient (Wildman–Crippen LogP) is 4.50. The minimum Gasteiger partial charge on any atom is -0.397 e. The lowest BCUT2D eigenvalue weighted by molar-refractivity contribution is -0.137. The molecule has 2 rings (SSSR count). The number of nitrogen functional groups attached to an aromatic ring is 1. The third-order valence-corrected chi connectivity index (χ3v) is 3.73. The minimum absolute atomic E-state index is 0.303. The van der Waals surface area contributed by atoms with Gasteiger partial charge in [-0.15, -0.1) is 0 Å². The Balaban J connectivity index is 2.34. The Hall–Kier alpha value is -1.76. The van der Waals surface area contributed by atoms with Crippen molar-refractivity contribution in [3.8, 4) is 0 Å². The number of benzene rings is 1. The molecule has 3 nitrogen and oxygen atoms in total. The van der Waals surface area contributed by atoms with Crippen molar-refractivity contribution >= 4 is 33.1 Å². The first-order valence-corrected chi connectivity index (χ1v) is 6.43. The van der Waals surface area contributed by atoms with Crippen LogP contribution in [-0.4, -0.2) is 4.98 Å². The Morgan fingerprint density at radius 1 is 1.30 bits per heavy atom. The van der Waals surface area contributed by atoms with E-state index < -0.39 is 11.7 Å². The highest BCUT2D eigenvalue weighted by Gasteiger charge is 2.30. The molecule has 3 N–H and O–H groups in total. The van der Waals surface area contributed by atoms with E-state index >= 15 is 0 Å². The van der Waals surface area contributed by atoms with E-state index in [2.05, 4.69) is 26.2 Å². The highest BCUT2D eigenvalue weighted by Crippen LogP contribution is 2.33. The molecule has 1 aromatic heterocycles. The molecule has 0 atom stereocenters. The van der Waals surface area contributed by atoms with Crippen LogP contribution < -0.4 is 11.1 Å². The molecule has 0 radical (unpaired) electrons. The third-order valence-electron chi connectivity index (χ3n) is 2.76. The molecule has 0 bridgehead atoms. The summed E-state index contributed by atoms with van der Waals surface area (Å²) in [6, 6.07) is 4.92. The van der Waals surface area contributed by atoms with Gasteiger partial charge in [0.15, 0.2) is 0 Å². The van der Waals surface area contributed by atoms with Crippen LogP contribution in [0.25, 0.3) is 0 Å². The lowest BCUT2D eigenvalue weighted by Crippen LogP contribution is -2.05. The van der Waals surface area contributed by atoms with Gasteiger partial charge in [0.2, 0.25) is 0 Å². The van der Waals surface area contributed by atoms with Crippen LogP contribution in [-0.2, 0) is 6.18 Å². The van der Waals surface area contributed by atoms with Crippen LogP contribution >= 0.6 is 15.9 Å². The summed E-state index contributed by atoms with van der Waals surface area (Å²) >= 11 is 3.32. The summed E-state index contributed by atoms with van der Waals surface area (Å²) in [6.45, 7) is 1.79. The van der Waals surface area contributed by atoms with Gasteiger partial charge in [-0.1, -0.05) is 6.07 Å². The van der Waals surface area contributed by atoms with E-state index in [9.17, 15) is 13.2 Å². The van der Waals surface area contributed by atoms with Crippen molar-refractivity contribution in [3.05, 3.63) is 46.1 Å². The molecule has 2 aromatic rings. The van der Waals surface area contributed by atoms with Crippen LogP contribution in [0.4, 0.5) is 30.4 Å². The lowest BCUT2D eigenvalue weighted by atomic mass is 10.2. The molecule has 7 heteroatoms. The fraction of sp³-hybridized carbons (Fsp3) is 0.154. The summed E-state index contributed by atoms with van der Waals surface area (Å²) in [4.78, 5) is 4.06. The van der Waals surface area contributed by atoms with Gasteiger partial charge >= 0.3 is 6.18 Å². The van der Waals surface area contributed by atoms with Gasteiger partial charge in [-0.3, -0.25) is 0 Å². The number of halogens is 4. The molecular weight excluding hydrogens is 335 g/mol. The van der Waals surface area contributed by atoms with Crippen LogP contribution in [0.5, 0.6) is 0 Å². The maximum atomic E-state index is 12.6. The van der Waals surface area contributed by atoms with E-state index in [0.29, 0.717) is 21.7 Å². The Morgan fingerprint density at radius 3 is 2.65 bits per heavy atom. The molecule has 0 fully saturated rings. The van der Waals surface area contributed by atoms with Gasteiger partial charge < -0.3 is 11.1 Å². The average molecular weight is 346 g/mol. The number of hydrogen-bond donors (Lipinski definition) is 2. The van der Waals surface area contributed by atoms with E-state index in [4.69, 9.17) is 5.73 Å². The largest absolute Gasteiger partial charge is 0.416 e. The normalized spacial score (nSPS) is 11.4. The number of nitrogens with two attached hydrogens (primary N) is 1. The minimum atomic E-state index is -4.38. The maximum absolute atomic E-state index is 12.6. The Kier molecular flexibility index (Phi) is 3.89. The van der Waals surface area contributed by atoms with Gasteiger partial charge in [-0.25, -0.2) is 4.98 Å². The van der Waals surface area contributed by atoms with Crippen LogP contribution in [0.1, 0.15) is 11.1 Å². The Bertz CT molecular complexity index is 641. The van der Waals surface area contributed by atoms with E-state index in [-0.39, 0.29) is 0 Å². The molecular formula is C13H11BrF3N3. The highest BCUT2D eigenvalue weighted by atomic mass is 79.9. The second kappa shape index (κ2) is 5.32. The zero-order valence-corrected chi connectivity index (χ0v) is 12.0. The molecule has 0 amide bonds. The molecule has 1 aromatic carbocycles. The molecule has 0 unspecified atom stereocenters. The van der Waals surface area contributed by atoms with Crippen LogP contribution in [0.15, 0.2) is 34.9 Å². The van der Waals surface area contributed by atoms with Gasteiger partial charge in [0.05, 0.1) is 21.9 Å². The lowest BCUT2D eigenvalue weighted by Gasteiger charge is -2.12. The summed E-state index contributed by atoms with van der Waals surface area (Å²) in [6.07, 6.45) is -2.92. The summed E-state index contributed by atoms with van der Waals surface area (Å²) < 4.78 is 38.5. The summed E-state index contributed by atoms with van der Waals surface area (Å²) in [5.74, 6) is 0.413. The number of rotatable bonds is 2. The van der Waals surface area contributed by atoms with Gasteiger partial charge in [0.25, 0.3) is 0 Å². The molecule has 1 heterocycles. The monoisotopic (exact) mass is 345 g/mol. The molecule has 0 aliphatic heterocycles. The van der Waals surface area contributed by atoms with E-state index in [0.717, 1.165) is 17.7 Å². The summed E-state index contributed by atoms with van der Waals surface area (Å²) in [5.41, 5.74) is 6.56. The standard InChI is InChI=1S/C13H11BrF3N3/c1-7-10(18)6-19-12(11(7)14)20-9-4-2-3-8(5-9)13(15,16)17/h2-6H,18H2,1H3,(H,19,20). The zero-order valence-electron chi connectivity index (χ0n) is 10.4. The number of nitrogens with one attached hydrogen (secondary N) is 1. The number of pyridine rings is 1. The molecule has 0 aliphatic rings. The number of alkyl halides is 3. The van der Waals surface area contributed by atoms with Gasteiger partial charge in [0.1, 0.15) is 5.82 Å². The summed E-state index contributed by atoms with van der Waals surface area (Å²) in [7, 11) is 0. The molecule has 0 aliphatic carbocycles. The number of aromatic nitrogens is 1. The van der Waals surface area contributed by atoms with Crippen molar-refractivity contribution in [2.45, 2.75) is 13.1 Å². The Morgan fingerprint density at radius 2 is 2.00 bits per heavy atom. The topological polar surface area (TPSA) is 50.9 Å². The fourth-order valence-electron chi connectivity index (χ4n) is 1.59. The van der Waals surface area contributed by atoms with Gasteiger partial charge in [0, 0.05) is 5.69 Å². The van der Waals surface area contributed by atoms with E-state index in [1.807, 2.05) is 0 Å². The first kappa shape index (κ1) is 14.6. The smallest absolute Gasteiger partial charge is 0.397 e. The van der Waals surface area contributed by atoms with Crippen molar-refractivity contribution < 1.29 is 13.2 Å². The quantitative estimate of drug-likeness (QED) is 0.842. The summed E-state index contributed by atoms with van der Waals surface area (Å²) in [5, 5.41) is 2.84. The second-order valence-electron chi connectivity index (χ2n) is 4.20. The average Bonchev–Trinajstić information content (AvgIpc) is 2.39. The van der Waals surface area contributed by atoms with Crippen molar-refractivity contribution in [1.82, 2.24) is 4.98 Å². The number of anilines is 3. The third kappa shape index (κ3) is 3.04. The molecule has 0 saturated heterocycles. The van der Waals surface area contributed by atoms with Crippen molar-refractivity contribution in [2.24, 2.45) is 0 Å². The van der Waals surface area contributed by atoms with Crippen molar-refractivity contribution in [1.29, 1.82) is 0 Å². The maximum Gasteiger partial charge on any atom is 0.416 e. The second-order valence-corrected chi connectivity index (χ2v) is 5.00.